The van der Waals surface area contributed by atoms with E-state index in [0.29, 0.717) is 0 Å². The molecule has 0 aliphatic heterocycles. The first-order valence-electron chi connectivity index (χ1n) is 3.67. The van der Waals surface area contributed by atoms with Gasteiger partial charge in [0.25, 0.3) is 0 Å². The Bertz CT molecular complexity index is 211. The summed E-state index contributed by atoms with van der Waals surface area (Å²) in [4.78, 5) is 1.03. The molecule has 1 rings (SSSR count). The third-order valence-corrected chi connectivity index (χ3v) is 2.53. The van der Waals surface area contributed by atoms with E-state index in [4.69, 9.17) is 4.74 Å². The summed E-state index contributed by atoms with van der Waals surface area (Å²) in [5.41, 5.74) is -0.382. The fourth-order valence-electron chi connectivity index (χ4n) is 0.793. The van der Waals surface area contributed by atoms with E-state index < -0.39 is 6.67 Å². The molecule has 12 heavy (non-hydrogen) atoms. The summed E-state index contributed by atoms with van der Waals surface area (Å²) < 4.78 is 17.1. The molecule has 0 amide bonds. The molecule has 0 saturated carbocycles. The Morgan fingerprint density at radius 1 is 1.42 bits per heavy atom. The second-order valence-electron chi connectivity index (χ2n) is 2.25. The molecule has 0 bridgehead atoms. The Labute approximate surface area is 75.9 Å². The van der Waals surface area contributed by atoms with Crippen LogP contribution in [0.1, 0.15) is 0 Å². The van der Waals surface area contributed by atoms with Crippen molar-refractivity contribution in [3.05, 3.63) is 30.3 Å². The normalized spacial score (nSPS) is 12.8. The number of hydrogen-bond donors (Lipinski definition) is 0. The Balaban J connectivity index is 2.51. The van der Waals surface area contributed by atoms with Crippen LogP contribution in [0, 0.1) is 0 Å². The molecule has 1 atom stereocenters. The van der Waals surface area contributed by atoms with Crippen LogP contribution in [0.3, 0.4) is 0 Å². The van der Waals surface area contributed by atoms with Gasteiger partial charge in [0.2, 0.25) is 0 Å². The zero-order chi connectivity index (χ0) is 8.81. The van der Waals surface area contributed by atoms with Crippen molar-refractivity contribution in [3.63, 3.8) is 0 Å². The molecule has 1 aromatic carbocycles. The highest BCUT2D eigenvalue weighted by Gasteiger charge is 2.07. The number of thioether (sulfide) groups is 1. The van der Waals surface area contributed by atoms with Gasteiger partial charge < -0.3 is 4.74 Å². The lowest BCUT2D eigenvalue weighted by Crippen LogP contribution is -2.06. The molecule has 0 radical (unpaired) electrons. The number of methoxy groups -OCH3 is 1. The van der Waals surface area contributed by atoms with Gasteiger partial charge in [-0.25, -0.2) is 4.39 Å². The van der Waals surface area contributed by atoms with Gasteiger partial charge in [0.1, 0.15) is 12.1 Å². The number of ether oxygens (including phenoxy) is 1. The largest absolute Gasteiger partial charge is 0.368 e. The first kappa shape index (κ1) is 9.55. The molecule has 0 spiro atoms. The molecule has 66 valence electrons. The zero-order valence-corrected chi connectivity index (χ0v) is 7.68. The van der Waals surface area contributed by atoms with Crippen molar-refractivity contribution in [3.8, 4) is 0 Å². The van der Waals surface area contributed by atoms with Gasteiger partial charge in [0.05, 0.1) is 0 Å². The number of alkyl halides is 1. The highest BCUT2D eigenvalue weighted by molar-refractivity contribution is 7.99. The third kappa shape index (κ3) is 2.83. The van der Waals surface area contributed by atoms with Crippen molar-refractivity contribution < 1.29 is 9.13 Å². The average molecular weight is 186 g/mol. The van der Waals surface area contributed by atoms with Crippen LogP contribution in [0.5, 0.6) is 0 Å². The first-order chi connectivity index (χ1) is 5.86. The van der Waals surface area contributed by atoms with Crippen LogP contribution >= 0.6 is 11.8 Å². The second kappa shape index (κ2) is 5.17. The van der Waals surface area contributed by atoms with E-state index in [2.05, 4.69) is 0 Å². The lowest BCUT2D eigenvalue weighted by Gasteiger charge is -2.09. The number of halogens is 1. The van der Waals surface area contributed by atoms with Crippen molar-refractivity contribution >= 4 is 11.8 Å². The van der Waals surface area contributed by atoms with E-state index in [0.717, 1.165) is 4.90 Å². The van der Waals surface area contributed by atoms with Crippen molar-refractivity contribution in [1.82, 2.24) is 0 Å². The van der Waals surface area contributed by atoms with Crippen LogP contribution in [-0.4, -0.2) is 19.2 Å². The highest BCUT2D eigenvalue weighted by Crippen LogP contribution is 2.23. The predicted molar refractivity (Wildman–Crippen MR) is 49.1 cm³/mol. The number of benzene rings is 1. The van der Waals surface area contributed by atoms with Crippen molar-refractivity contribution in [2.24, 2.45) is 0 Å². The van der Waals surface area contributed by atoms with Crippen molar-refractivity contribution in [2.45, 2.75) is 10.3 Å². The van der Waals surface area contributed by atoms with Crippen molar-refractivity contribution in [1.29, 1.82) is 0 Å². The van der Waals surface area contributed by atoms with Crippen molar-refractivity contribution in [2.75, 3.05) is 13.8 Å². The summed E-state index contributed by atoms with van der Waals surface area (Å²) in [6.07, 6.45) is 0. The Morgan fingerprint density at radius 2 is 2.08 bits per heavy atom. The zero-order valence-electron chi connectivity index (χ0n) is 6.87. The van der Waals surface area contributed by atoms with Gasteiger partial charge in [-0.3, -0.25) is 0 Å². The molecule has 1 unspecified atom stereocenters. The summed E-state index contributed by atoms with van der Waals surface area (Å²) in [7, 11) is 1.51. The molecule has 3 heteroatoms. The fourth-order valence-corrected chi connectivity index (χ4v) is 1.57. The maximum atomic E-state index is 12.2. The van der Waals surface area contributed by atoms with Gasteiger partial charge in [0, 0.05) is 12.0 Å². The quantitative estimate of drug-likeness (QED) is 0.528. The molecule has 0 aliphatic carbocycles. The molecular weight excluding hydrogens is 175 g/mol. The first-order valence-corrected chi connectivity index (χ1v) is 4.55. The van der Waals surface area contributed by atoms with Gasteiger partial charge >= 0.3 is 0 Å². The molecule has 0 aromatic heterocycles. The Hall–Kier alpha value is -0.540. The minimum absolute atomic E-state index is 0.382. The lowest BCUT2D eigenvalue weighted by atomic mass is 10.4. The van der Waals surface area contributed by atoms with Gasteiger partial charge in [-0.2, -0.15) is 0 Å². The van der Waals surface area contributed by atoms with Crippen LogP contribution in [0.4, 0.5) is 4.39 Å². The maximum absolute atomic E-state index is 12.2. The SMILES string of the molecule is COC(CF)Sc1ccccc1. The van der Waals surface area contributed by atoms with Crippen LogP contribution in [0.25, 0.3) is 0 Å². The summed E-state index contributed by atoms with van der Waals surface area (Å²) >= 11 is 1.39. The average Bonchev–Trinajstić information content (AvgIpc) is 2.16. The van der Waals surface area contributed by atoms with E-state index in [-0.39, 0.29) is 5.44 Å². The molecule has 0 N–H and O–H groups in total. The monoisotopic (exact) mass is 186 g/mol. The molecule has 1 aromatic rings. The summed E-state index contributed by atoms with van der Waals surface area (Å²) in [5.74, 6) is 0. The van der Waals surface area contributed by atoms with Gasteiger partial charge in [-0.05, 0) is 12.1 Å². The third-order valence-electron chi connectivity index (χ3n) is 1.40. The van der Waals surface area contributed by atoms with E-state index in [1.807, 2.05) is 30.3 Å². The Kier molecular flexibility index (Phi) is 4.11. The molecule has 0 saturated heterocycles. The minimum atomic E-state index is -0.462. The maximum Gasteiger partial charge on any atom is 0.135 e. The van der Waals surface area contributed by atoms with E-state index in [1.54, 1.807) is 0 Å². The van der Waals surface area contributed by atoms with Gasteiger partial charge in [-0.1, -0.05) is 30.0 Å². The molecule has 1 nitrogen and oxygen atoms in total. The summed E-state index contributed by atoms with van der Waals surface area (Å²) in [5, 5.41) is 0. The lowest BCUT2D eigenvalue weighted by molar-refractivity contribution is 0.147. The standard InChI is InChI=1S/C9H11FOS/c1-11-9(7-10)12-8-5-3-2-4-6-8/h2-6,9H,7H2,1H3. The Morgan fingerprint density at radius 3 is 2.58 bits per heavy atom. The smallest absolute Gasteiger partial charge is 0.135 e. The second-order valence-corrected chi connectivity index (χ2v) is 3.48. The number of rotatable bonds is 4. The van der Waals surface area contributed by atoms with Crippen LogP contribution in [-0.2, 0) is 4.74 Å². The van der Waals surface area contributed by atoms with E-state index in [9.17, 15) is 4.39 Å². The minimum Gasteiger partial charge on any atom is -0.368 e. The molecule has 0 fully saturated rings. The highest BCUT2D eigenvalue weighted by atomic mass is 32.2. The van der Waals surface area contributed by atoms with Crippen LogP contribution < -0.4 is 0 Å². The summed E-state index contributed by atoms with van der Waals surface area (Å²) in [6, 6.07) is 9.65. The van der Waals surface area contributed by atoms with Gasteiger partial charge in [-0.15, -0.1) is 0 Å². The fraction of sp³-hybridized carbons (Fsp3) is 0.333. The predicted octanol–water partition coefficient (Wildman–Crippen LogP) is 2.72. The topological polar surface area (TPSA) is 9.23 Å². The van der Waals surface area contributed by atoms with Gasteiger partial charge in [0.15, 0.2) is 0 Å². The van der Waals surface area contributed by atoms with Crippen LogP contribution in [0.15, 0.2) is 35.2 Å². The van der Waals surface area contributed by atoms with Crippen LogP contribution in [0.2, 0.25) is 0 Å². The van der Waals surface area contributed by atoms with E-state index in [1.165, 1.54) is 18.9 Å². The summed E-state index contributed by atoms with van der Waals surface area (Å²) in [6.45, 7) is -0.462. The molecule has 0 aliphatic rings. The molecular formula is C9H11FOS. The van der Waals surface area contributed by atoms with E-state index >= 15 is 0 Å². The number of hydrogen-bond acceptors (Lipinski definition) is 2. The molecule has 0 heterocycles.